The lowest BCUT2D eigenvalue weighted by atomic mass is 10.1. The smallest absolute Gasteiger partial charge is 0.176 e. The molecule has 2 heterocycles. The molecule has 0 saturated carbocycles. The Morgan fingerprint density at radius 3 is 2.94 bits per heavy atom. The van der Waals surface area contributed by atoms with Gasteiger partial charge >= 0.3 is 0 Å². The summed E-state index contributed by atoms with van der Waals surface area (Å²) >= 11 is 0. The average Bonchev–Trinajstić information content (AvgIpc) is 2.91. The molecule has 0 bridgehead atoms. The van der Waals surface area contributed by atoms with Gasteiger partial charge in [0.15, 0.2) is 5.82 Å². The molecule has 2 rings (SSSR count). The van der Waals surface area contributed by atoms with E-state index in [-0.39, 0.29) is 0 Å². The molecule has 2 aromatic heterocycles. The van der Waals surface area contributed by atoms with E-state index < -0.39 is 0 Å². The van der Waals surface area contributed by atoms with E-state index in [4.69, 9.17) is 0 Å². The van der Waals surface area contributed by atoms with Gasteiger partial charge in [0, 0.05) is 25.1 Å². The van der Waals surface area contributed by atoms with Gasteiger partial charge < -0.3 is 5.32 Å². The summed E-state index contributed by atoms with van der Waals surface area (Å²) in [6.45, 7) is 5.45. The number of hydrogen-bond acceptors (Lipinski definition) is 3. The van der Waals surface area contributed by atoms with Crippen LogP contribution in [0, 0.1) is 5.92 Å². The van der Waals surface area contributed by atoms with E-state index in [2.05, 4.69) is 29.2 Å². The van der Waals surface area contributed by atoms with Gasteiger partial charge in [-0.2, -0.15) is 5.10 Å². The first-order valence-corrected chi connectivity index (χ1v) is 6.50. The number of nitrogens with one attached hydrogen (secondary N) is 1. The van der Waals surface area contributed by atoms with Gasteiger partial charge in [0.25, 0.3) is 0 Å². The van der Waals surface area contributed by atoms with Crippen LogP contribution in [0.4, 0.5) is 5.69 Å². The average molecular weight is 244 g/mol. The van der Waals surface area contributed by atoms with Gasteiger partial charge in [0.05, 0.1) is 5.69 Å². The highest BCUT2D eigenvalue weighted by Gasteiger charge is 2.07. The van der Waals surface area contributed by atoms with Gasteiger partial charge in [-0.05, 0) is 30.5 Å². The van der Waals surface area contributed by atoms with Gasteiger partial charge in [-0.25, -0.2) is 9.67 Å². The third kappa shape index (κ3) is 3.09. The Bertz CT molecular complexity index is 464. The fourth-order valence-electron chi connectivity index (χ4n) is 1.99. The largest absolute Gasteiger partial charge is 0.382 e. The Morgan fingerprint density at radius 2 is 2.22 bits per heavy atom. The maximum absolute atomic E-state index is 4.38. The van der Waals surface area contributed by atoms with Crippen molar-refractivity contribution in [2.75, 3.05) is 11.9 Å². The summed E-state index contributed by atoms with van der Waals surface area (Å²) in [6.07, 6.45) is 7.92. The molecule has 18 heavy (non-hydrogen) atoms. The standard InChI is InChI=1S/C14H20N4/c1-3-6-12(2)11-16-13-7-4-8-15-14(13)18-10-5-9-17-18/h4-5,7-10,12,16H,3,6,11H2,1-2H3. The van der Waals surface area contributed by atoms with E-state index in [1.165, 1.54) is 12.8 Å². The Hall–Kier alpha value is -1.84. The van der Waals surface area contributed by atoms with Crippen LogP contribution in [-0.4, -0.2) is 21.3 Å². The normalized spacial score (nSPS) is 12.3. The van der Waals surface area contributed by atoms with Gasteiger partial charge in [-0.1, -0.05) is 20.3 Å². The van der Waals surface area contributed by atoms with Crippen LogP contribution < -0.4 is 5.32 Å². The van der Waals surface area contributed by atoms with Crippen molar-refractivity contribution >= 4 is 5.69 Å². The molecule has 2 aromatic rings. The third-order valence-corrected chi connectivity index (χ3v) is 2.93. The molecule has 0 radical (unpaired) electrons. The van der Waals surface area contributed by atoms with Crippen molar-refractivity contribution in [2.45, 2.75) is 26.7 Å². The Morgan fingerprint density at radius 1 is 1.33 bits per heavy atom. The molecule has 0 aliphatic carbocycles. The van der Waals surface area contributed by atoms with Crippen LogP contribution in [0.5, 0.6) is 0 Å². The molecule has 1 unspecified atom stereocenters. The Labute approximate surface area is 108 Å². The summed E-state index contributed by atoms with van der Waals surface area (Å²) in [5.74, 6) is 1.52. The Kier molecular flexibility index (Phi) is 4.34. The number of rotatable bonds is 6. The van der Waals surface area contributed by atoms with Crippen molar-refractivity contribution in [1.82, 2.24) is 14.8 Å². The lowest BCUT2D eigenvalue weighted by Crippen LogP contribution is -2.13. The zero-order chi connectivity index (χ0) is 12.8. The molecule has 96 valence electrons. The number of hydrogen-bond donors (Lipinski definition) is 1. The fraction of sp³-hybridized carbons (Fsp3) is 0.429. The van der Waals surface area contributed by atoms with E-state index >= 15 is 0 Å². The molecule has 0 aliphatic rings. The SMILES string of the molecule is CCCC(C)CNc1cccnc1-n1cccn1. The molecule has 0 saturated heterocycles. The predicted molar refractivity (Wildman–Crippen MR) is 73.9 cm³/mol. The van der Waals surface area contributed by atoms with Crippen LogP contribution in [-0.2, 0) is 0 Å². The van der Waals surface area contributed by atoms with Gasteiger partial charge in [0.1, 0.15) is 0 Å². The van der Waals surface area contributed by atoms with Crippen molar-refractivity contribution in [3.63, 3.8) is 0 Å². The van der Waals surface area contributed by atoms with E-state index in [1.807, 2.05) is 24.4 Å². The van der Waals surface area contributed by atoms with Gasteiger partial charge in [-0.15, -0.1) is 0 Å². The first-order chi connectivity index (χ1) is 8.81. The van der Waals surface area contributed by atoms with Crippen LogP contribution in [0.3, 0.4) is 0 Å². The van der Waals surface area contributed by atoms with Crippen LogP contribution >= 0.6 is 0 Å². The number of pyridine rings is 1. The highest BCUT2D eigenvalue weighted by atomic mass is 15.3. The second-order valence-electron chi connectivity index (χ2n) is 4.60. The summed E-state index contributed by atoms with van der Waals surface area (Å²) in [5, 5.41) is 7.69. The summed E-state index contributed by atoms with van der Waals surface area (Å²) in [7, 11) is 0. The quantitative estimate of drug-likeness (QED) is 0.849. The number of nitrogens with zero attached hydrogens (tertiary/aromatic N) is 3. The zero-order valence-electron chi connectivity index (χ0n) is 11.0. The molecule has 0 aliphatic heterocycles. The highest BCUT2D eigenvalue weighted by Crippen LogP contribution is 2.17. The van der Waals surface area contributed by atoms with Gasteiger partial charge in [-0.3, -0.25) is 0 Å². The van der Waals surface area contributed by atoms with Crippen molar-refractivity contribution in [1.29, 1.82) is 0 Å². The maximum Gasteiger partial charge on any atom is 0.176 e. The van der Waals surface area contributed by atoms with Crippen molar-refractivity contribution in [3.05, 3.63) is 36.8 Å². The minimum atomic E-state index is 0.667. The molecule has 4 heteroatoms. The van der Waals surface area contributed by atoms with Crippen LogP contribution in [0.15, 0.2) is 36.8 Å². The van der Waals surface area contributed by atoms with E-state index in [0.29, 0.717) is 5.92 Å². The van der Waals surface area contributed by atoms with Crippen LogP contribution in [0.25, 0.3) is 5.82 Å². The number of anilines is 1. The van der Waals surface area contributed by atoms with Crippen molar-refractivity contribution in [2.24, 2.45) is 5.92 Å². The molecule has 0 fully saturated rings. The lowest BCUT2D eigenvalue weighted by molar-refractivity contribution is 0.550. The molecule has 0 aromatic carbocycles. The molecule has 4 nitrogen and oxygen atoms in total. The summed E-state index contributed by atoms with van der Waals surface area (Å²) in [5.41, 5.74) is 1.03. The third-order valence-electron chi connectivity index (χ3n) is 2.93. The molecule has 1 atom stereocenters. The van der Waals surface area contributed by atoms with Crippen LogP contribution in [0.2, 0.25) is 0 Å². The summed E-state index contributed by atoms with van der Waals surface area (Å²) < 4.78 is 1.78. The first-order valence-electron chi connectivity index (χ1n) is 6.50. The van der Waals surface area contributed by atoms with Crippen LogP contribution in [0.1, 0.15) is 26.7 Å². The zero-order valence-corrected chi connectivity index (χ0v) is 11.0. The minimum absolute atomic E-state index is 0.667. The Balaban J connectivity index is 2.09. The van der Waals surface area contributed by atoms with E-state index in [0.717, 1.165) is 18.1 Å². The fourth-order valence-corrected chi connectivity index (χ4v) is 1.99. The maximum atomic E-state index is 4.38. The summed E-state index contributed by atoms with van der Waals surface area (Å²) in [6, 6.07) is 5.89. The monoisotopic (exact) mass is 244 g/mol. The van der Waals surface area contributed by atoms with Crippen molar-refractivity contribution < 1.29 is 0 Å². The van der Waals surface area contributed by atoms with Crippen molar-refractivity contribution in [3.8, 4) is 5.82 Å². The topological polar surface area (TPSA) is 42.7 Å². The second-order valence-corrected chi connectivity index (χ2v) is 4.60. The summed E-state index contributed by atoms with van der Waals surface area (Å²) in [4.78, 5) is 4.38. The first kappa shape index (κ1) is 12.6. The molecular weight excluding hydrogens is 224 g/mol. The lowest BCUT2D eigenvalue weighted by Gasteiger charge is -2.14. The number of aromatic nitrogens is 3. The van der Waals surface area contributed by atoms with E-state index in [1.54, 1.807) is 17.1 Å². The minimum Gasteiger partial charge on any atom is -0.382 e. The van der Waals surface area contributed by atoms with E-state index in [9.17, 15) is 0 Å². The molecule has 0 amide bonds. The molecule has 1 N–H and O–H groups in total. The van der Waals surface area contributed by atoms with Gasteiger partial charge in [0.2, 0.25) is 0 Å². The predicted octanol–water partition coefficient (Wildman–Crippen LogP) is 3.12. The second kappa shape index (κ2) is 6.19. The highest BCUT2D eigenvalue weighted by molar-refractivity contribution is 5.56. The molecular formula is C14H20N4. The molecule has 0 spiro atoms.